The Hall–Kier alpha value is -1.08. The fourth-order valence-corrected chi connectivity index (χ4v) is 1.99. The van der Waals surface area contributed by atoms with Crippen molar-refractivity contribution in [2.24, 2.45) is 5.41 Å². The SMILES string of the molecule is CC1(O)CCN(C(=O)C2(C#N)CC2)CC1. The highest BCUT2D eigenvalue weighted by atomic mass is 16.3. The minimum absolute atomic E-state index is 0.0273. The summed E-state index contributed by atoms with van der Waals surface area (Å²) in [5.74, 6) is -0.0273. The van der Waals surface area contributed by atoms with E-state index in [-0.39, 0.29) is 5.91 Å². The van der Waals surface area contributed by atoms with Gasteiger partial charge in [0.15, 0.2) is 0 Å². The maximum atomic E-state index is 11.9. The molecule has 0 spiro atoms. The zero-order valence-corrected chi connectivity index (χ0v) is 8.99. The zero-order chi connectivity index (χ0) is 11.1. The van der Waals surface area contributed by atoms with Crippen LogP contribution in [0.4, 0.5) is 0 Å². The van der Waals surface area contributed by atoms with Crippen LogP contribution in [0.1, 0.15) is 32.6 Å². The molecule has 0 radical (unpaired) electrons. The van der Waals surface area contributed by atoms with Crippen LogP contribution in [0.25, 0.3) is 0 Å². The smallest absolute Gasteiger partial charge is 0.243 e. The van der Waals surface area contributed by atoms with Crippen LogP contribution in [0.15, 0.2) is 0 Å². The zero-order valence-electron chi connectivity index (χ0n) is 8.99. The summed E-state index contributed by atoms with van der Waals surface area (Å²) in [5, 5.41) is 18.7. The first-order chi connectivity index (χ1) is 6.99. The Balaban J connectivity index is 1.97. The summed E-state index contributed by atoms with van der Waals surface area (Å²) in [5.41, 5.74) is -1.34. The lowest BCUT2D eigenvalue weighted by atomic mass is 9.93. The van der Waals surface area contributed by atoms with Gasteiger partial charge in [0.25, 0.3) is 0 Å². The second-order valence-electron chi connectivity index (χ2n) is 4.98. The van der Waals surface area contributed by atoms with E-state index >= 15 is 0 Å². The van der Waals surface area contributed by atoms with Gasteiger partial charge in [-0.15, -0.1) is 0 Å². The number of hydrogen-bond acceptors (Lipinski definition) is 3. The van der Waals surface area contributed by atoms with E-state index in [9.17, 15) is 9.90 Å². The molecule has 1 saturated carbocycles. The number of likely N-dealkylation sites (tertiary alicyclic amines) is 1. The Morgan fingerprint density at radius 2 is 1.87 bits per heavy atom. The molecule has 1 saturated heterocycles. The topological polar surface area (TPSA) is 64.3 Å². The number of hydrogen-bond donors (Lipinski definition) is 1. The minimum Gasteiger partial charge on any atom is -0.390 e. The van der Waals surface area contributed by atoms with Gasteiger partial charge in [-0.1, -0.05) is 0 Å². The molecule has 15 heavy (non-hydrogen) atoms. The number of amides is 1. The van der Waals surface area contributed by atoms with Gasteiger partial charge in [-0.2, -0.15) is 5.26 Å². The highest BCUT2D eigenvalue weighted by Crippen LogP contribution is 2.47. The monoisotopic (exact) mass is 208 g/mol. The van der Waals surface area contributed by atoms with Gasteiger partial charge in [0, 0.05) is 13.1 Å². The van der Waals surface area contributed by atoms with E-state index in [1.807, 2.05) is 0 Å². The van der Waals surface area contributed by atoms with Gasteiger partial charge in [0.05, 0.1) is 11.7 Å². The first kappa shape index (κ1) is 10.4. The van der Waals surface area contributed by atoms with Crippen LogP contribution < -0.4 is 0 Å². The number of nitrogens with zero attached hydrogens (tertiary/aromatic N) is 2. The van der Waals surface area contributed by atoms with Gasteiger partial charge in [-0.25, -0.2) is 0 Å². The summed E-state index contributed by atoms with van der Waals surface area (Å²) in [6.45, 7) is 2.95. The van der Waals surface area contributed by atoms with Crippen molar-refractivity contribution in [3.63, 3.8) is 0 Å². The van der Waals surface area contributed by atoms with Crippen LogP contribution >= 0.6 is 0 Å². The number of carbonyl (C=O) groups is 1. The molecule has 0 atom stereocenters. The van der Waals surface area contributed by atoms with E-state index in [2.05, 4.69) is 6.07 Å². The molecule has 2 aliphatic rings. The van der Waals surface area contributed by atoms with Gasteiger partial charge < -0.3 is 10.0 Å². The molecule has 0 aromatic heterocycles. The van der Waals surface area contributed by atoms with Crippen molar-refractivity contribution in [3.05, 3.63) is 0 Å². The standard InChI is InChI=1S/C11H16N2O2/c1-10(15)4-6-13(7-5-10)9(14)11(8-12)2-3-11/h15H,2-7H2,1H3. The number of carbonyl (C=O) groups excluding carboxylic acids is 1. The summed E-state index contributed by atoms with van der Waals surface area (Å²) < 4.78 is 0. The number of aliphatic hydroxyl groups is 1. The highest BCUT2D eigenvalue weighted by molar-refractivity contribution is 5.88. The molecule has 1 amide bonds. The number of piperidine rings is 1. The van der Waals surface area contributed by atoms with Crippen molar-refractivity contribution in [1.82, 2.24) is 4.90 Å². The van der Waals surface area contributed by atoms with Crippen LogP contribution in [0.2, 0.25) is 0 Å². The van der Waals surface area contributed by atoms with E-state index in [1.54, 1.807) is 11.8 Å². The summed E-state index contributed by atoms with van der Waals surface area (Å²) in [4.78, 5) is 13.7. The molecule has 0 aromatic rings. The Morgan fingerprint density at radius 3 is 2.27 bits per heavy atom. The third-order valence-electron chi connectivity index (χ3n) is 3.50. The summed E-state index contributed by atoms with van der Waals surface area (Å²) >= 11 is 0. The van der Waals surface area contributed by atoms with E-state index in [4.69, 9.17) is 5.26 Å². The molecule has 4 heteroatoms. The van der Waals surface area contributed by atoms with Crippen LogP contribution in [0, 0.1) is 16.7 Å². The van der Waals surface area contributed by atoms with Crippen LogP contribution in [-0.4, -0.2) is 34.6 Å². The lowest BCUT2D eigenvalue weighted by molar-refractivity contribution is -0.138. The van der Waals surface area contributed by atoms with Gasteiger partial charge in [-0.05, 0) is 32.6 Å². The number of nitriles is 1. The highest BCUT2D eigenvalue weighted by Gasteiger charge is 2.53. The number of rotatable bonds is 1. The van der Waals surface area contributed by atoms with Crippen molar-refractivity contribution >= 4 is 5.91 Å². The molecule has 4 nitrogen and oxygen atoms in total. The molecule has 0 aromatic carbocycles. The summed E-state index contributed by atoms with van der Waals surface area (Å²) in [7, 11) is 0. The normalized spacial score (nSPS) is 26.9. The Bertz CT molecular complexity index is 316. The molecule has 1 aliphatic carbocycles. The minimum atomic E-state index is -0.705. The maximum Gasteiger partial charge on any atom is 0.243 e. The average molecular weight is 208 g/mol. The van der Waals surface area contributed by atoms with Gasteiger partial charge >= 0.3 is 0 Å². The quantitative estimate of drug-likeness (QED) is 0.688. The Morgan fingerprint density at radius 1 is 1.33 bits per heavy atom. The molecule has 82 valence electrons. The Kier molecular flexibility index (Phi) is 2.23. The summed E-state index contributed by atoms with van der Waals surface area (Å²) in [6, 6.07) is 2.12. The van der Waals surface area contributed by atoms with E-state index < -0.39 is 11.0 Å². The molecular weight excluding hydrogens is 192 g/mol. The van der Waals surface area contributed by atoms with Crippen molar-refractivity contribution < 1.29 is 9.90 Å². The van der Waals surface area contributed by atoms with Gasteiger partial charge in [-0.3, -0.25) is 4.79 Å². The Labute approximate surface area is 89.5 Å². The molecule has 2 rings (SSSR count). The third kappa shape index (κ3) is 1.84. The lowest BCUT2D eigenvalue weighted by Gasteiger charge is -2.36. The van der Waals surface area contributed by atoms with Crippen molar-refractivity contribution in [2.45, 2.75) is 38.2 Å². The van der Waals surface area contributed by atoms with Crippen LogP contribution in [0.5, 0.6) is 0 Å². The van der Waals surface area contributed by atoms with E-state index in [1.165, 1.54) is 0 Å². The first-order valence-electron chi connectivity index (χ1n) is 5.42. The predicted molar refractivity (Wildman–Crippen MR) is 53.7 cm³/mol. The van der Waals surface area contributed by atoms with Crippen molar-refractivity contribution in [1.29, 1.82) is 5.26 Å². The van der Waals surface area contributed by atoms with Crippen LogP contribution in [0.3, 0.4) is 0 Å². The van der Waals surface area contributed by atoms with E-state index in [0.717, 1.165) is 0 Å². The lowest BCUT2D eigenvalue weighted by Crippen LogP contribution is -2.47. The van der Waals surface area contributed by atoms with Crippen molar-refractivity contribution in [2.75, 3.05) is 13.1 Å². The molecule has 0 bridgehead atoms. The van der Waals surface area contributed by atoms with Gasteiger partial charge in [0.1, 0.15) is 5.41 Å². The largest absolute Gasteiger partial charge is 0.390 e. The van der Waals surface area contributed by atoms with Gasteiger partial charge in [0.2, 0.25) is 5.91 Å². The molecule has 1 aliphatic heterocycles. The van der Waals surface area contributed by atoms with Crippen LogP contribution in [-0.2, 0) is 4.79 Å². The molecule has 1 heterocycles. The summed E-state index contributed by atoms with van der Waals surface area (Å²) in [6.07, 6.45) is 2.63. The molecule has 0 unspecified atom stereocenters. The maximum absolute atomic E-state index is 11.9. The van der Waals surface area contributed by atoms with E-state index in [0.29, 0.717) is 38.8 Å². The fraction of sp³-hybridized carbons (Fsp3) is 0.818. The van der Waals surface area contributed by atoms with Crippen molar-refractivity contribution in [3.8, 4) is 6.07 Å². The molecular formula is C11H16N2O2. The third-order valence-corrected chi connectivity index (χ3v) is 3.50. The first-order valence-corrected chi connectivity index (χ1v) is 5.42. The molecule has 2 fully saturated rings. The fourth-order valence-electron chi connectivity index (χ4n) is 1.99. The predicted octanol–water partition coefficient (Wildman–Crippen LogP) is 0.664. The average Bonchev–Trinajstić information content (AvgIpc) is 2.97. The second kappa shape index (κ2) is 3.21. The second-order valence-corrected chi connectivity index (χ2v) is 4.98. The molecule has 1 N–H and O–H groups in total.